The van der Waals surface area contributed by atoms with Crippen LogP contribution in [0.5, 0.6) is 0 Å². The maximum atomic E-state index is 14.3. The number of Topliss-reactive ketones (excluding diaryl/α,β-unsaturated/α-hetero) is 1. The van der Waals surface area contributed by atoms with E-state index in [1.807, 2.05) is 0 Å². The van der Waals surface area contributed by atoms with E-state index in [-0.39, 0.29) is 5.56 Å². The van der Waals surface area contributed by atoms with Crippen molar-refractivity contribution in [1.29, 1.82) is 0 Å². The Morgan fingerprint density at radius 2 is 1.80 bits per heavy atom. The summed E-state index contributed by atoms with van der Waals surface area (Å²) in [5.41, 5.74) is -5.54. The van der Waals surface area contributed by atoms with Crippen LogP contribution in [0.3, 0.4) is 0 Å². The molecule has 0 saturated carbocycles. The van der Waals surface area contributed by atoms with Crippen LogP contribution in [0.2, 0.25) is 0 Å². The fraction of sp³-hybridized carbons (Fsp3) is 0.208. The third-order valence-corrected chi connectivity index (χ3v) is 5.55. The van der Waals surface area contributed by atoms with Gasteiger partial charge in [0.05, 0.1) is 17.9 Å². The Morgan fingerprint density at radius 1 is 1.09 bits per heavy atom. The molecule has 1 aliphatic heterocycles. The molecule has 0 spiro atoms. The van der Waals surface area contributed by atoms with Crippen molar-refractivity contribution in [2.45, 2.75) is 30.7 Å². The molecule has 0 amide bonds. The molecular weight excluding hydrogens is 478 g/mol. The van der Waals surface area contributed by atoms with E-state index < -0.39 is 76.5 Å². The van der Waals surface area contributed by atoms with Crippen LogP contribution in [-0.2, 0) is 16.8 Å². The SMILES string of the molecule is O=C(Cc1cnccc1[C@@]1(C(F)(F)F)C[C@@H](O)C=CO1)c1ccc(F)c(-c2c(F)cccc2F)n1. The lowest BCUT2D eigenvalue weighted by atomic mass is 9.82. The van der Waals surface area contributed by atoms with Crippen molar-refractivity contribution in [3.05, 3.63) is 95.4 Å². The van der Waals surface area contributed by atoms with Gasteiger partial charge in [-0.3, -0.25) is 9.78 Å². The van der Waals surface area contributed by atoms with Gasteiger partial charge in [-0.05, 0) is 42.0 Å². The summed E-state index contributed by atoms with van der Waals surface area (Å²) in [5.74, 6) is -4.17. The van der Waals surface area contributed by atoms with E-state index in [9.17, 15) is 36.2 Å². The molecule has 1 aromatic carbocycles. The molecule has 4 rings (SSSR count). The lowest BCUT2D eigenvalue weighted by Crippen LogP contribution is -2.48. The van der Waals surface area contributed by atoms with Crippen molar-refractivity contribution >= 4 is 5.78 Å². The van der Waals surface area contributed by atoms with Gasteiger partial charge in [0.15, 0.2) is 5.78 Å². The quantitative estimate of drug-likeness (QED) is 0.398. The summed E-state index contributed by atoms with van der Waals surface area (Å²) in [6.07, 6.45) is -4.03. The van der Waals surface area contributed by atoms with Crippen molar-refractivity contribution in [1.82, 2.24) is 9.97 Å². The normalized spacial score (nSPS) is 19.9. The van der Waals surface area contributed by atoms with Crippen LogP contribution < -0.4 is 0 Å². The maximum Gasteiger partial charge on any atom is 0.432 e. The minimum absolute atomic E-state index is 0.179. The molecule has 35 heavy (non-hydrogen) atoms. The van der Waals surface area contributed by atoms with Gasteiger partial charge in [0.25, 0.3) is 0 Å². The van der Waals surface area contributed by atoms with Crippen LogP contribution in [0.4, 0.5) is 26.3 Å². The van der Waals surface area contributed by atoms with Crippen molar-refractivity contribution in [3.8, 4) is 11.3 Å². The molecule has 5 nitrogen and oxygen atoms in total. The molecule has 11 heteroatoms. The highest BCUT2D eigenvalue weighted by Gasteiger charge is 2.60. The van der Waals surface area contributed by atoms with Crippen LogP contribution in [-0.4, -0.2) is 33.1 Å². The second-order valence-electron chi connectivity index (χ2n) is 7.80. The average Bonchev–Trinajstić information content (AvgIpc) is 2.79. The molecule has 0 saturated heterocycles. The lowest BCUT2D eigenvalue weighted by molar-refractivity contribution is -0.279. The smallest absolute Gasteiger partial charge is 0.432 e. The fourth-order valence-electron chi connectivity index (χ4n) is 3.89. The number of aliphatic hydroxyl groups is 1. The summed E-state index contributed by atoms with van der Waals surface area (Å²) < 4.78 is 90.1. The van der Waals surface area contributed by atoms with E-state index in [2.05, 4.69) is 9.97 Å². The highest BCUT2D eigenvalue weighted by molar-refractivity contribution is 5.96. The van der Waals surface area contributed by atoms with E-state index >= 15 is 0 Å². The molecule has 0 bridgehead atoms. The molecule has 0 radical (unpaired) electrons. The molecule has 182 valence electrons. The summed E-state index contributed by atoms with van der Waals surface area (Å²) in [6, 6.07) is 5.62. The zero-order chi connectivity index (χ0) is 25.4. The third-order valence-electron chi connectivity index (χ3n) is 5.55. The lowest BCUT2D eigenvalue weighted by Gasteiger charge is -2.39. The summed E-state index contributed by atoms with van der Waals surface area (Å²) in [5, 5.41) is 9.87. The molecule has 0 unspecified atom stereocenters. The number of nitrogens with zero attached hydrogens (tertiary/aromatic N) is 2. The first-order valence-electron chi connectivity index (χ1n) is 10.2. The summed E-state index contributed by atoms with van der Waals surface area (Å²) in [6.45, 7) is 0. The van der Waals surface area contributed by atoms with Crippen LogP contribution in [0.25, 0.3) is 11.3 Å². The number of aromatic nitrogens is 2. The standard InChI is InChI=1S/C24H16F6N2O3/c25-16-2-1-3-17(26)21(16)22-18(27)4-5-19(32-22)20(34)10-13-12-31-8-6-15(13)23(24(28,29)30)11-14(33)7-9-35-23/h1-9,12,14,33H,10-11H2/t14-,23+/m0/s1. The Kier molecular flexibility index (Phi) is 6.37. The zero-order valence-electron chi connectivity index (χ0n) is 17.7. The van der Waals surface area contributed by atoms with Crippen molar-refractivity contribution in [3.63, 3.8) is 0 Å². The van der Waals surface area contributed by atoms with Gasteiger partial charge in [-0.25, -0.2) is 18.2 Å². The van der Waals surface area contributed by atoms with Crippen molar-refractivity contribution < 1.29 is 41.0 Å². The largest absolute Gasteiger partial charge is 0.481 e. The van der Waals surface area contributed by atoms with E-state index in [1.54, 1.807) is 0 Å². The number of hydrogen-bond acceptors (Lipinski definition) is 5. The number of alkyl halides is 3. The Balaban J connectivity index is 1.73. The van der Waals surface area contributed by atoms with Gasteiger partial charge in [-0.1, -0.05) is 6.07 Å². The number of rotatable bonds is 5. The number of halogens is 6. The van der Waals surface area contributed by atoms with E-state index in [0.717, 1.165) is 61.1 Å². The Hall–Kier alpha value is -3.73. The summed E-state index contributed by atoms with van der Waals surface area (Å²) in [7, 11) is 0. The van der Waals surface area contributed by atoms with E-state index in [0.29, 0.717) is 0 Å². The molecule has 2 atom stereocenters. The van der Waals surface area contributed by atoms with Gasteiger partial charge in [0, 0.05) is 30.8 Å². The Labute approximate surface area is 194 Å². The monoisotopic (exact) mass is 494 g/mol. The van der Waals surface area contributed by atoms with Gasteiger partial charge in [0.2, 0.25) is 5.60 Å². The van der Waals surface area contributed by atoms with Crippen LogP contribution in [0.15, 0.2) is 61.1 Å². The maximum absolute atomic E-state index is 14.3. The topological polar surface area (TPSA) is 72.3 Å². The first-order valence-corrected chi connectivity index (χ1v) is 10.2. The highest BCUT2D eigenvalue weighted by Crippen LogP contribution is 2.48. The minimum Gasteiger partial charge on any atom is -0.481 e. The van der Waals surface area contributed by atoms with Gasteiger partial charge >= 0.3 is 6.18 Å². The number of aliphatic hydroxyl groups excluding tert-OH is 1. The molecule has 0 fully saturated rings. The molecule has 0 aliphatic carbocycles. The van der Waals surface area contributed by atoms with E-state index in [1.165, 1.54) is 0 Å². The second kappa shape index (κ2) is 9.14. The Bertz CT molecular complexity index is 1290. The minimum atomic E-state index is -4.97. The predicted octanol–water partition coefficient (Wildman–Crippen LogP) is 5.04. The molecule has 1 N–H and O–H groups in total. The number of hydrogen-bond donors (Lipinski definition) is 1. The molecule has 2 aromatic heterocycles. The number of benzene rings is 1. The fourth-order valence-corrected chi connectivity index (χ4v) is 3.89. The first-order chi connectivity index (χ1) is 16.5. The first kappa shape index (κ1) is 24.4. The zero-order valence-corrected chi connectivity index (χ0v) is 17.7. The van der Waals surface area contributed by atoms with Crippen LogP contribution >= 0.6 is 0 Å². The van der Waals surface area contributed by atoms with Crippen LogP contribution in [0, 0.1) is 17.5 Å². The van der Waals surface area contributed by atoms with Crippen LogP contribution in [0.1, 0.15) is 28.0 Å². The van der Waals surface area contributed by atoms with Gasteiger partial charge in [0.1, 0.15) is 28.8 Å². The predicted molar refractivity (Wildman–Crippen MR) is 110 cm³/mol. The molecule has 1 aliphatic rings. The average molecular weight is 494 g/mol. The Morgan fingerprint density at radius 3 is 2.46 bits per heavy atom. The number of ether oxygens (including phenoxy) is 1. The number of pyridine rings is 2. The summed E-state index contributed by atoms with van der Waals surface area (Å²) in [4.78, 5) is 20.5. The van der Waals surface area contributed by atoms with Gasteiger partial charge in [-0.15, -0.1) is 0 Å². The van der Waals surface area contributed by atoms with Gasteiger partial charge < -0.3 is 9.84 Å². The molecule has 3 heterocycles. The number of ketones is 1. The van der Waals surface area contributed by atoms with Gasteiger partial charge in [-0.2, -0.15) is 13.2 Å². The molecule has 3 aromatic rings. The molecular formula is C24H16F6N2O3. The van der Waals surface area contributed by atoms with Crippen molar-refractivity contribution in [2.75, 3.05) is 0 Å². The van der Waals surface area contributed by atoms with E-state index in [4.69, 9.17) is 4.74 Å². The van der Waals surface area contributed by atoms with Crippen molar-refractivity contribution in [2.24, 2.45) is 0 Å². The second-order valence-corrected chi connectivity index (χ2v) is 7.80. The number of carbonyl (C=O) groups excluding carboxylic acids is 1. The number of carbonyl (C=O) groups is 1. The summed E-state index contributed by atoms with van der Waals surface area (Å²) >= 11 is 0. The highest BCUT2D eigenvalue weighted by atomic mass is 19.4. The third kappa shape index (κ3) is 4.51.